The number of nitrogens with zero attached hydrogens (tertiary/aromatic N) is 2. The summed E-state index contributed by atoms with van der Waals surface area (Å²) in [6.45, 7) is 0. The van der Waals surface area contributed by atoms with Crippen LogP contribution >= 0.6 is 0 Å². The van der Waals surface area contributed by atoms with E-state index >= 15 is 0 Å². The highest BCUT2D eigenvalue weighted by Crippen LogP contribution is 2.40. The van der Waals surface area contributed by atoms with Gasteiger partial charge in [0.1, 0.15) is 0 Å². The van der Waals surface area contributed by atoms with Crippen LogP contribution in [0.15, 0.2) is 352 Å². The lowest BCUT2D eigenvalue weighted by Crippen LogP contribution is -2.09. The van der Waals surface area contributed by atoms with Gasteiger partial charge in [-0.05, 0) is 196 Å². The molecule has 0 amide bonds. The molecule has 84 heavy (non-hydrogen) atoms. The molecule has 396 valence electrons. The van der Waals surface area contributed by atoms with Crippen molar-refractivity contribution in [3.63, 3.8) is 0 Å². The van der Waals surface area contributed by atoms with Crippen molar-refractivity contribution >= 4 is 77.2 Å². The highest BCUT2D eigenvalue weighted by Gasteiger charge is 2.16. The van der Waals surface area contributed by atoms with Crippen LogP contribution < -0.4 is 9.80 Å². The van der Waals surface area contributed by atoms with Crippen LogP contribution in [0.5, 0.6) is 0 Å². The van der Waals surface area contributed by atoms with Gasteiger partial charge in [0.2, 0.25) is 0 Å². The monoisotopic (exact) mass is 1070 g/mol. The minimum Gasteiger partial charge on any atom is -0.311 e. The molecule has 0 fully saturated rings. The fourth-order valence-electron chi connectivity index (χ4n) is 11.6. The van der Waals surface area contributed by atoms with Crippen LogP contribution in [-0.2, 0) is 0 Å². The first-order valence-corrected chi connectivity index (χ1v) is 28.8. The number of rotatable bonds is 11. The molecule has 15 aromatic carbocycles. The van der Waals surface area contributed by atoms with Gasteiger partial charge in [-0.15, -0.1) is 0 Å². The van der Waals surface area contributed by atoms with Gasteiger partial charge in [-0.2, -0.15) is 0 Å². The predicted molar refractivity (Wildman–Crippen MR) is 359 cm³/mol. The van der Waals surface area contributed by atoms with Crippen LogP contribution in [0.25, 0.3) is 98.7 Å². The van der Waals surface area contributed by atoms with Crippen molar-refractivity contribution in [2.45, 2.75) is 0 Å². The highest BCUT2D eigenvalue weighted by molar-refractivity contribution is 5.92. The average molecular weight is 1070 g/mol. The quantitative estimate of drug-likeness (QED) is 0.127. The molecular weight excluding hydrogens is 1010 g/mol. The first-order valence-electron chi connectivity index (χ1n) is 28.8. The van der Waals surface area contributed by atoms with Crippen LogP contribution in [-0.4, -0.2) is 0 Å². The molecule has 2 nitrogen and oxygen atoms in total. The number of anilines is 6. The van der Waals surface area contributed by atoms with E-state index in [1.165, 1.54) is 98.7 Å². The molecule has 0 atom stereocenters. The largest absolute Gasteiger partial charge is 0.311 e. The first kappa shape index (κ1) is 51.1. The van der Waals surface area contributed by atoms with Crippen molar-refractivity contribution in [3.05, 3.63) is 352 Å². The Balaban J connectivity index is 0.000000151. The van der Waals surface area contributed by atoms with E-state index in [9.17, 15) is 0 Å². The molecule has 0 saturated carbocycles. The normalized spacial score (nSPS) is 11.1. The number of benzene rings is 15. The lowest BCUT2D eigenvalue weighted by atomic mass is 9.98. The summed E-state index contributed by atoms with van der Waals surface area (Å²) in [5, 5.41) is 10.1. The van der Waals surface area contributed by atoms with Crippen molar-refractivity contribution in [3.8, 4) is 55.6 Å². The second-order valence-corrected chi connectivity index (χ2v) is 21.4. The van der Waals surface area contributed by atoms with Crippen LogP contribution in [0.1, 0.15) is 0 Å². The second-order valence-electron chi connectivity index (χ2n) is 21.4. The van der Waals surface area contributed by atoms with Crippen LogP contribution in [0, 0.1) is 0 Å². The third-order valence-corrected chi connectivity index (χ3v) is 16.1. The van der Waals surface area contributed by atoms with Crippen LogP contribution in [0.4, 0.5) is 34.1 Å². The van der Waals surface area contributed by atoms with Crippen molar-refractivity contribution in [1.82, 2.24) is 0 Å². The third kappa shape index (κ3) is 10.8. The summed E-state index contributed by atoms with van der Waals surface area (Å²) in [7, 11) is 0. The van der Waals surface area contributed by atoms with Gasteiger partial charge in [0.05, 0.1) is 0 Å². The number of hydrogen-bond donors (Lipinski definition) is 0. The fraction of sp³-hybridized carbons (Fsp3) is 0. The van der Waals surface area contributed by atoms with Crippen molar-refractivity contribution in [1.29, 1.82) is 0 Å². The minimum atomic E-state index is 1.12. The van der Waals surface area contributed by atoms with Gasteiger partial charge in [0.25, 0.3) is 0 Å². The van der Waals surface area contributed by atoms with Crippen molar-refractivity contribution in [2.24, 2.45) is 0 Å². The smallest absolute Gasteiger partial charge is 0.0462 e. The topological polar surface area (TPSA) is 6.48 Å². The molecule has 0 unspecified atom stereocenters. The average Bonchev–Trinajstić information content (AvgIpc) is 3.60. The van der Waals surface area contributed by atoms with E-state index in [1.54, 1.807) is 0 Å². The Morgan fingerprint density at radius 2 is 0.286 bits per heavy atom. The Kier molecular flexibility index (Phi) is 14.1. The van der Waals surface area contributed by atoms with E-state index < -0.39 is 0 Å². The summed E-state index contributed by atoms with van der Waals surface area (Å²) in [6.07, 6.45) is 0. The van der Waals surface area contributed by atoms with Gasteiger partial charge in [0.15, 0.2) is 0 Å². The summed E-state index contributed by atoms with van der Waals surface area (Å²) >= 11 is 0. The fourth-order valence-corrected chi connectivity index (χ4v) is 11.6. The zero-order valence-electron chi connectivity index (χ0n) is 46.4. The molecule has 0 heterocycles. The summed E-state index contributed by atoms with van der Waals surface area (Å²) in [4.78, 5) is 4.63. The molecule has 15 rings (SSSR count). The van der Waals surface area contributed by atoms with Crippen LogP contribution in [0.3, 0.4) is 0 Å². The lowest BCUT2D eigenvalue weighted by molar-refractivity contribution is 1.28. The van der Waals surface area contributed by atoms with Crippen LogP contribution in [0.2, 0.25) is 0 Å². The van der Waals surface area contributed by atoms with Crippen molar-refractivity contribution < 1.29 is 0 Å². The molecule has 0 N–H and O–H groups in total. The van der Waals surface area contributed by atoms with Gasteiger partial charge in [-0.3, -0.25) is 0 Å². The molecule has 0 aliphatic heterocycles. The van der Waals surface area contributed by atoms with Gasteiger partial charge in [0, 0.05) is 34.1 Å². The van der Waals surface area contributed by atoms with Gasteiger partial charge in [-0.25, -0.2) is 0 Å². The van der Waals surface area contributed by atoms with E-state index in [2.05, 4.69) is 362 Å². The first-order chi connectivity index (χ1) is 41.6. The molecule has 0 radical (unpaired) electrons. The molecule has 2 heteroatoms. The lowest BCUT2D eigenvalue weighted by Gasteiger charge is -2.26. The molecule has 0 aliphatic carbocycles. The third-order valence-electron chi connectivity index (χ3n) is 16.1. The molecule has 0 saturated heterocycles. The SMILES string of the molecule is c1ccc(N(c2ccc(-c3ccc(-c4ccc5ccccc5c4)cc3)cc2)c2ccc(-c3ccc4ccccc4c3)cc2)cc1.c1ccc(N(c2ccc(-c3ccc4ccccc4c3)cc2)c2ccc(-c3ccc4ccccc4c3)cc2)cc1. The summed E-state index contributed by atoms with van der Waals surface area (Å²) in [5.74, 6) is 0. The second kappa shape index (κ2) is 23.2. The molecular formula is C82H58N2. The van der Waals surface area contributed by atoms with E-state index in [4.69, 9.17) is 0 Å². The zero-order chi connectivity index (χ0) is 56.0. The minimum absolute atomic E-state index is 1.12. The van der Waals surface area contributed by atoms with E-state index in [0.29, 0.717) is 0 Å². The Morgan fingerprint density at radius 3 is 0.524 bits per heavy atom. The number of hydrogen-bond acceptors (Lipinski definition) is 2. The Hall–Kier alpha value is -11.1. The van der Waals surface area contributed by atoms with Gasteiger partial charge < -0.3 is 9.80 Å². The van der Waals surface area contributed by atoms with E-state index in [1.807, 2.05) is 0 Å². The Morgan fingerprint density at radius 1 is 0.119 bits per heavy atom. The van der Waals surface area contributed by atoms with Gasteiger partial charge in [-0.1, -0.05) is 255 Å². The maximum atomic E-state index is 2.32. The molecule has 0 bridgehead atoms. The standard InChI is InChI=1S/C44H31N.C38H27N/c1-2-12-42(13-3-1)45(44-28-24-37(25-29-44)41-21-19-33-9-5-7-11-39(33)31-41)43-26-22-35(23-27-43)34-14-16-36(17-15-34)40-20-18-32-8-4-6-10-38(32)30-40;1-2-12-36(13-3-1)39(37-22-18-30(19-23-37)34-16-14-28-8-4-6-10-32(28)26-34)38-24-20-31(21-25-38)35-17-15-29-9-5-7-11-33(29)27-35/h1-31H;1-27H. The Bertz CT molecular complexity index is 4600. The van der Waals surface area contributed by atoms with E-state index in [0.717, 1.165) is 34.1 Å². The zero-order valence-corrected chi connectivity index (χ0v) is 46.4. The number of fused-ring (bicyclic) bond motifs is 4. The summed E-state index contributed by atoms with van der Waals surface area (Å²) < 4.78 is 0. The molecule has 15 aromatic rings. The molecule has 0 aromatic heterocycles. The van der Waals surface area contributed by atoms with E-state index in [-0.39, 0.29) is 0 Å². The highest BCUT2D eigenvalue weighted by atomic mass is 15.1. The molecule has 0 aliphatic rings. The maximum absolute atomic E-state index is 2.32. The Labute approximate surface area is 491 Å². The molecule has 0 spiro atoms. The summed E-state index contributed by atoms with van der Waals surface area (Å²) in [6, 6.07) is 126. The maximum Gasteiger partial charge on any atom is 0.0462 e. The predicted octanol–water partition coefficient (Wildman–Crippen LogP) is 23.3. The number of para-hydroxylation sites is 2. The van der Waals surface area contributed by atoms with Crippen molar-refractivity contribution in [2.75, 3.05) is 9.80 Å². The summed E-state index contributed by atoms with van der Waals surface area (Å²) in [5.41, 5.74) is 18.9. The van der Waals surface area contributed by atoms with Gasteiger partial charge >= 0.3 is 0 Å².